The van der Waals surface area contributed by atoms with Crippen LogP contribution < -0.4 is 0 Å². The predicted octanol–water partition coefficient (Wildman–Crippen LogP) is 2.95. The van der Waals surface area contributed by atoms with Crippen molar-refractivity contribution in [1.29, 1.82) is 0 Å². The van der Waals surface area contributed by atoms with Crippen molar-refractivity contribution in [3.8, 4) is 0 Å². The first kappa shape index (κ1) is 13.8. The minimum atomic E-state index is -0.00306. The van der Waals surface area contributed by atoms with E-state index in [1.54, 1.807) is 23.1 Å². The second-order valence-electron chi connectivity index (χ2n) is 4.57. The van der Waals surface area contributed by atoms with Crippen LogP contribution in [0, 0.1) is 5.92 Å². The van der Waals surface area contributed by atoms with Crippen LogP contribution in [0.3, 0.4) is 0 Å². The maximum Gasteiger partial charge on any atom is 0.255 e. The molecular formula is C13H15BrClNO2. The topological polar surface area (TPSA) is 40.5 Å². The van der Waals surface area contributed by atoms with Gasteiger partial charge in [0.05, 0.1) is 5.56 Å². The van der Waals surface area contributed by atoms with Crippen LogP contribution in [-0.2, 0) is 0 Å². The van der Waals surface area contributed by atoms with E-state index < -0.39 is 0 Å². The lowest BCUT2D eigenvalue weighted by molar-refractivity contribution is 0.0620. The van der Waals surface area contributed by atoms with Gasteiger partial charge in [-0.25, -0.2) is 0 Å². The minimum Gasteiger partial charge on any atom is -0.396 e. The first-order valence-electron chi connectivity index (χ1n) is 5.97. The molecule has 2 rings (SSSR count). The zero-order valence-electron chi connectivity index (χ0n) is 9.90. The van der Waals surface area contributed by atoms with E-state index in [2.05, 4.69) is 15.9 Å². The third-order valence-electron chi connectivity index (χ3n) is 3.23. The summed E-state index contributed by atoms with van der Waals surface area (Å²) in [6.45, 7) is 1.53. The highest BCUT2D eigenvalue weighted by molar-refractivity contribution is 9.10. The van der Waals surface area contributed by atoms with Crippen molar-refractivity contribution in [3.63, 3.8) is 0 Å². The zero-order chi connectivity index (χ0) is 13.1. The summed E-state index contributed by atoms with van der Waals surface area (Å²) in [6.07, 6.45) is 1.93. The summed E-state index contributed by atoms with van der Waals surface area (Å²) in [5, 5.41) is 9.79. The maximum atomic E-state index is 12.4. The fraction of sp³-hybridized carbons (Fsp3) is 0.462. The molecule has 0 aliphatic carbocycles. The van der Waals surface area contributed by atoms with Crippen LogP contribution in [0.1, 0.15) is 23.2 Å². The molecule has 3 nitrogen and oxygen atoms in total. The summed E-state index contributed by atoms with van der Waals surface area (Å²) in [5.41, 5.74) is 0.623. The van der Waals surface area contributed by atoms with Gasteiger partial charge in [-0.3, -0.25) is 4.79 Å². The quantitative estimate of drug-likeness (QED) is 0.904. The van der Waals surface area contributed by atoms with Gasteiger partial charge in [0, 0.05) is 29.2 Å². The molecule has 5 heteroatoms. The number of hydrogen-bond donors (Lipinski definition) is 1. The van der Waals surface area contributed by atoms with Crippen LogP contribution in [0.15, 0.2) is 22.7 Å². The van der Waals surface area contributed by atoms with Crippen LogP contribution in [0.4, 0.5) is 0 Å². The number of halogens is 2. The highest BCUT2D eigenvalue weighted by Crippen LogP contribution is 2.25. The van der Waals surface area contributed by atoms with E-state index in [0.29, 0.717) is 21.6 Å². The monoisotopic (exact) mass is 331 g/mol. The number of carbonyl (C=O) groups is 1. The molecule has 98 valence electrons. The van der Waals surface area contributed by atoms with E-state index in [1.807, 2.05) is 0 Å². The van der Waals surface area contributed by atoms with Gasteiger partial charge < -0.3 is 10.0 Å². The molecule has 1 aliphatic rings. The van der Waals surface area contributed by atoms with E-state index in [4.69, 9.17) is 11.6 Å². The predicted molar refractivity (Wildman–Crippen MR) is 74.9 cm³/mol. The molecule has 1 aromatic rings. The van der Waals surface area contributed by atoms with Gasteiger partial charge in [0.1, 0.15) is 0 Å². The number of aliphatic hydroxyl groups is 1. The van der Waals surface area contributed by atoms with Gasteiger partial charge >= 0.3 is 0 Å². The molecule has 1 atom stereocenters. The van der Waals surface area contributed by atoms with Crippen molar-refractivity contribution in [1.82, 2.24) is 4.90 Å². The Morgan fingerprint density at radius 3 is 3.00 bits per heavy atom. The lowest BCUT2D eigenvalue weighted by atomic mass is 9.98. The SMILES string of the molecule is O=C(c1ccc(Cl)cc1Br)N1CCCC(CO)C1. The van der Waals surface area contributed by atoms with E-state index in [-0.39, 0.29) is 18.4 Å². The Morgan fingerprint density at radius 1 is 1.56 bits per heavy atom. The highest BCUT2D eigenvalue weighted by Gasteiger charge is 2.25. The molecular weight excluding hydrogens is 318 g/mol. The van der Waals surface area contributed by atoms with Crippen LogP contribution in [-0.4, -0.2) is 35.6 Å². The molecule has 0 spiro atoms. The van der Waals surface area contributed by atoms with Crippen molar-refractivity contribution < 1.29 is 9.90 Å². The number of piperidine rings is 1. The summed E-state index contributed by atoms with van der Waals surface area (Å²) in [7, 11) is 0. The number of amides is 1. The number of carbonyl (C=O) groups excluding carboxylic acids is 1. The van der Waals surface area contributed by atoms with Gasteiger partial charge in [-0.2, -0.15) is 0 Å². The number of benzene rings is 1. The fourth-order valence-corrected chi connectivity index (χ4v) is 3.08. The Bertz CT molecular complexity index is 453. The second kappa shape index (κ2) is 6.04. The molecule has 0 radical (unpaired) electrons. The maximum absolute atomic E-state index is 12.4. The highest BCUT2D eigenvalue weighted by atomic mass is 79.9. The van der Waals surface area contributed by atoms with Crippen molar-refractivity contribution in [2.24, 2.45) is 5.92 Å². The van der Waals surface area contributed by atoms with Gasteiger partial charge in [0.25, 0.3) is 5.91 Å². The summed E-state index contributed by atoms with van der Waals surface area (Å²) in [4.78, 5) is 14.2. The summed E-state index contributed by atoms with van der Waals surface area (Å²) in [6, 6.07) is 5.17. The number of likely N-dealkylation sites (tertiary alicyclic amines) is 1. The van der Waals surface area contributed by atoms with Crippen molar-refractivity contribution in [2.45, 2.75) is 12.8 Å². The van der Waals surface area contributed by atoms with E-state index in [1.165, 1.54) is 0 Å². The van der Waals surface area contributed by atoms with E-state index >= 15 is 0 Å². The molecule has 1 aromatic carbocycles. The Hall–Kier alpha value is -0.580. The normalized spacial score (nSPS) is 19.9. The first-order valence-corrected chi connectivity index (χ1v) is 7.14. The molecule has 0 saturated carbocycles. The third-order valence-corrected chi connectivity index (χ3v) is 4.12. The van der Waals surface area contributed by atoms with Gasteiger partial charge in [-0.1, -0.05) is 11.6 Å². The van der Waals surface area contributed by atoms with Gasteiger partial charge in [-0.15, -0.1) is 0 Å². The van der Waals surface area contributed by atoms with Crippen LogP contribution in [0.2, 0.25) is 5.02 Å². The lowest BCUT2D eigenvalue weighted by Gasteiger charge is -2.32. The third kappa shape index (κ3) is 3.05. The minimum absolute atomic E-state index is 0.00306. The molecule has 1 heterocycles. The Balaban J connectivity index is 2.15. The number of aliphatic hydroxyl groups excluding tert-OH is 1. The molecule has 18 heavy (non-hydrogen) atoms. The lowest BCUT2D eigenvalue weighted by Crippen LogP contribution is -2.41. The van der Waals surface area contributed by atoms with Crippen LogP contribution in [0.25, 0.3) is 0 Å². The average Bonchev–Trinajstić information content (AvgIpc) is 2.38. The number of nitrogens with zero attached hydrogens (tertiary/aromatic N) is 1. The van der Waals surface area contributed by atoms with Gasteiger partial charge in [0.15, 0.2) is 0 Å². The molecule has 1 saturated heterocycles. The molecule has 0 bridgehead atoms. The van der Waals surface area contributed by atoms with Gasteiger partial charge in [-0.05, 0) is 52.9 Å². The Morgan fingerprint density at radius 2 is 2.33 bits per heavy atom. The van der Waals surface area contributed by atoms with Crippen LogP contribution >= 0.6 is 27.5 Å². The number of rotatable bonds is 2. The Kier molecular flexibility index (Phi) is 4.65. The molecule has 1 fully saturated rings. The number of hydrogen-bond acceptors (Lipinski definition) is 2. The summed E-state index contributed by atoms with van der Waals surface area (Å²) < 4.78 is 0.714. The molecule has 1 N–H and O–H groups in total. The van der Waals surface area contributed by atoms with E-state index in [9.17, 15) is 9.90 Å². The summed E-state index contributed by atoms with van der Waals surface area (Å²) >= 11 is 9.23. The second-order valence-corrected chi connectivity index (χ2v) is 5.86. The average molecular weight is 333 g/mol. The smallest absolute Gasteiger partial charge is 0.255 e. The van der Waals surface area contributed by atoms with Crippen molar-refractivity contribution >= 4 is 33.4 Å². The zero-order valence-corrected chi connectivity index (χ0v) is 12.2. The standard InChI is InChI=1S/C13H15BrClNO2/c14-12-6-10(15)3-4-11(12)13(18)16-5-1-2-9(7-16)8-17/h3-4,6,9,17H,1-2,5,7-8H2. The van der Waals surface area contributed by atoms with Crippen molar-refractivity contribution in [2.75, 3.05) is 19.7 Å². The fourth-order valence-electron chi connectivity index (χ4n) is 2.23. The summed E-state index contributed by atoms with van der Waals surface area (Å²) in [5.74, 6) is 0.200. The largest absolute Gasteiger partial charge is 0.396 e. The first-order chi connectivity index (χ1) is 8.61. The van der Waals surface area contributed by atoms with Crippen molar-refractivity contribution in [3.05, 3.63) is 33.3 Å². The molecule has 1 unspecified atom stereocenters. The molecule has 1 aliphatic heterocycles. The molecule has 1 amide bonds. The van der Waals surface area contributed by atoms with Gasteiger partial charge in [0.2, 0.25) is 0 Å². The Labute approximate surface area is 120 Å². The van der Waals surface area contributed by atoms with E-state index in [0.717, 1.165) is 19.4 Å². The van der Waals surface area contributed by atoms with Crippen LogP contribution in [0.5, 0.6) is 0 Å². The molecule has 0 aromatic heterocycles.